The topological polar surface area (TPSA) is 90.2 Å². The number of carboxylic acid groups (broad SMARTS) is 1. The van der Waals surface area contributed by atoms with E-state index in [9.17, 15) is 9.59 Å². The van der Waals surface area contributed by atoms with Gasteiger partial charge in [-0.1, -0.05) is 25.4 Å². The number of nitrogens with one attached hydrogen (secondary N) is 1. The van der Waals surface area contributed by atoms with Crippen molar-refractivity contribution in [3.63, 3.8) is 0 Å². The molecule has 0 fully saturated rings. The van der Waals surface area contributed by atoms with Gasteiger partial charge in [0.15, 0.2) is 0 Å². The van der Waals surface area contributed by atoms with E-state index in [4.69, 9.17) is 22.0 Å². The van der Waals surface area contributed by atoms with Crippen LogP contribution in [0.25, 0.3) is 0 Å². The van der Waals surface area contributed by atoms with E-state index in [0.29, 0.717) is 11.3 Å². The van der Waals surface area contributed by atoms with Crippen LogP contribution in [-0.4, -0.2) is 17.0 Å². The molecule has 19 heavy (non-hydrogen) atoms. The fourth-order valence-corrected chi connectivity index (χ4v) is 1.60. The van der Waals surface area contributed by atoms with Gasteiger partial charge >= 0.3 is 5.97 Å². The number of halogens is 1. The molecule has 0 aliphatic rings. The highest BCUT2D eigenvalue weighted by molar-refractivity contribution is 6.32. The van der Waals surface area contributed by atoms with Gasteiger partial charge in [-0.2, -0.15) is 5.26 Å². The van der Waals surface area contributed by atoms with Crippen LogP contribution in [0.15, 0.2) is 18.2 Å². The van der Waals surface area contributed by atoms with Crippen LogP contribution >= 0.6 is 11.6 Å². The zero-order chi connectivity index (χ0) is 14.6. The molecule has 1 rings (SSSR count). The van der Waals surface area contributed by atoms with Crippen LogP contribution in [0.5, 0.6) is 0 Å². The van der Waals surface area contributed by atoms with Gasteiger partial charge in [-0.3, -0.25) is 9.59 Å². The summed E-state index contributed by atoms with van der Waals surface area (Å²) >= 11 is 5.84. The minimum atomic E-state index is -1.03. The van der Waals surface area contributed by atoms with E-state index in [1.54, 1.807) is 13.0 Å². The Bertz CT molecular complexity index is 551. The lowest BCUT2D eigenvalue weighted by Gasteiger charge is -2.15. The Kier molecular flexibility index (Phi) is 4.90. The van der Waals surface area contributed by atoms with Gasteiger partial charge in [-0.25, -0.2) is 0 Å². The number of aliphatic carboxylic acids is 1. The molecule has 0 heterocycles. The Hall–Kier alpha value is -2.06. The SMILES string of the molecule is CC(C(=O)O)C(C)C(=O)Nc1ccc(C#N)c(Cl)c1. The Morgan fingerprint density at radius 2 is 2.00 bits per heavy atom. The predicted octanol–water partition coefficient (Wildman–Crippen LogP) is 2.51. The van der Waals surface area contributed by atoms with Gasteiger partial charge in [-0.15, -0.1) is 0 Å². The monoisotopic (exact) mass is 280 g/mol. The maximum Gasteiger partial charge on any atom is 0.307 e. The standard InChI is InChI=1S/C13H13ClN2O3/c1-7(8(2)13(18)19)12(17)16-10-4-3-9(6-15)11(14)5-10/h3-5,7-8H,1-2H3,(H,16,17)(H,18,19). The number of benzene rings is 1. The van der Waals surface area contributed by atoms with E-state index in [1.807, 2.05) is 6.07 Å². The fraction of sp³-hybridized carbons (Fsp3) is 0.308. The number of nitriles is 1. The molecular formula is C13H13ClN2O3. The molecule has 0 aromatic heterocycles. The Labute approximate surface area is 115 Å². The van der Waals surface area contributed by atoms with Crippen molar-refractivity contribution in [3.05, 3.63) is 28.8 Å². The molecule has 0 bridgehead atoms. The third-order valence-electron chi connectivity index (χ3n) is 2.91. The number of hydrogen-bond donors (Lipinski definition) is 2. The smallest absolute Gasteiger partial charge is 0.307 e. The first kappa shape index (κ1) is 15.0. The molecule has 0 aliphatic carbocycles. The van der Waals surface area contributed by atoms with Crippen molar-refractivity contribution in [1.29, 1.82) is 5.26 Å². The average molecular weight is 281 g/mol. The molecule has 0 saturated heterocycles. The highest BCUT2D eigenvalue weighted by atomic mass is 35.5. The molecular weight excluding hydrogens is 268 g/mol. The van der Waals surface area contributed by atoms with Crippen molar-refractivity contribution < 1.29 is 14.7 Å². The summed E-state index contributed by atoms with van der Waals surface area (Å²) in [6.07, 6.45) is 0. The molecule has 2 unspecified atom stereocenters. The average Bonchev–Trinajstić information content (AvgIpc) is 2.37. The van der Waals surface area contributed by atoms with Crippen LogP contribution in [0.2, 0.25) is 5.02 Å². The van der Waals surface area contributed by atoms with E-state index in [1.165, 1.54) is 19.1 Å². The quantitative estimate of drug-likeness (QED) is 0.886. The predicted molar refractivity (Wildman–Crippen MR) is 70.8 cm³/mol. The van der Waals surface area contributed by atoms with Crippen molar-refractivity contribution in [3.8, 4) is 6.07 Å². The number of carboxylic acids is 1. The zero-order valence-corrected chi connectivity index (χ0v) is 11.2. The summed E-state index contributed by atoms with van der Waals surface area (Å²) in [4.78, 5) is 22.6. The summed E-state index contributed by atoms with van der Waals surface area (Å²) in [6.45, 7) is 3.01. The normalized spacial score (nSPS) is 13.2. The number of carbonyl (C=O) groups excluding carboxylic acids is 1. The molecule has 100 valence electrons. The van der Waals surface area contributed by atoms with Crippen LogP contribution in [-0.2, 0) is 9.59 Å². The van der Waals surface area contributed by atoms with E-state index in [-0.39, 0.29) is 5.02 Å². The van der Waals surface area contributed by atoms with Crippen molar-refractivity contribution in [2.45, 2.75) is 13.8 Å². The van der Waals surface area contributed by atoms with Crippen molar-refractivity contribution in [1.82, 2.24) is 0 Å². The number of anilines is 1. The highest BCUT2D eigenvalue weighted by Gasteiger charge is 2.25. The maximum absolute atomic E-state index is 11.8. The number of rotatable bonds is 4. The first-order chi connectivity index (χ1) is 8.86. The van der Waals surface area contributed by atoms with Crippen LogP contribution in [0.4, 0.5) is 5.69 Å². The molecule has 1 aromatic rings. The minimum Gasteiger partial charge on any atom is -0.481 e. The van der Waals surface area contributed by atoms with Gasteiger partial charge in [0.2, 0.25) is 5.91 Å². The Balaban J connectivity index is 2.80. The molecule has 1 amide bonds. The number of hydrogen-bond acceptors (Lipinski definition) is 3. The van der Waals surface area contributed by atoms with Crippen molar-refractivity contribution >= 4 is 29.2 Å². The molecule has 6 heteroatoms. The molecule has 0 radical (unpaired) electrons. The second-order valence-corrected chi connectivity index (χ2v) is 4.62. The summed E-state index contributed by atoms with van der Waals surface area (Å²) in [7, 11) is 0. The minimum absolute atomic E-state index is 0.235. The van der Waals surface area contributed by atoms with Crippen LogP contribution in [0, 0.1) is 23.2 Å². The molecule has 0 saturated carbocycles. The van der Waals surface area contributed by atoms with Gasteiger partial charge < -0.3 is 10.4 Å². The number of carbonyl (C=O) groups is 2. The van der Waals surface area contributed by atoms with Crippen LogP contribution in [0.1, 0.15) is 19.4 Å². The fourth-order valence-electron chi connectivity index (χ4n) is 1.38. The Morgan fingerprint density at radius 1 is 1.37 bits per heavy atom. The van der Waals surface area contributed by atoms with Gasteiger partial charge in [0.1, 0.15) is 6.07 Å². The lowest BCUT2D eigenvalue weighted by molar-refractivity contribution is -0.145. The third kappa shape index (κ3) is 3.70. The van der Waals surface area contributed by atoms with Gasteiger partial charge in [0.05, 0.1) is 16.5 Å². The van der Waals surface area contributed by atoms with Crippen LogP contribution < -0.4 is 5.32 Å². The van der Waals surface area contributed by atoms with Gasteiger partial charge in [0, 0.05) is 11.6 Å². The first-order valence-electron chi connectivity index (χ1n) is 5.60. The van der Waals surface area contributed by atoms with Crippen molar-refractivity contribution in [2.75, 3.05) is 5.32 Å². The van der Waals surface area contributed by atoms with Crippen LogP contribution in [0.3, 0.4) is 0 Å². The summed E-state index contributed by atoms with van der Waals surface area (Å²) in [5, 5.41) is 20.4. The van der Waals surface area contributed by atoms with E-state index >= 15 is 0 Å². The van der Waals surface area contributed by atoms with Gasteiger partial charge in [-0.05, 0) is 18.2 Å². The first-order valence-corrected chi connectivity index (χ1v) is 5.98. The summed E-state index contributed by atoms with van der Waals surface area (Å²) in [5.41, 5.74) is 0.741. The number of nitrogens with zero attached hydrogens (tertiary/aromatic N) is 1. The van der Waals surface area contributed by atoms with E-state index < -0.39 is 23.7 Å². The van der Waals surface area contributed by atoms with Gasteiger partial charge in [0.25, 0.3) is 0 Å². The largest absolute Gasteiger partial charge is 0.481 e. The number of amides is 1. The third-order valence-corrected chi connectivity index (χ3v) is 3.22. The summed E-state index contributed by atoms with van der Waals surface area (Å²) in [6, 6.07) is 6.40. The zero-order valence-electron chi connectivity index (χ0n) is 10.5. The lowest BCUT2D eigenvalue weighted by atomic mass is 9.95. The molecule has 2 atom stereocenters. The summed E-state index contributed by atoms with van der Waals surface area (Å²) in [5.74, 6) is -2.89. The molecule has 5 nitrogen and oxygen atoms in total. The molecule has 0 spiro atoms. The molecule has 1 aromatic carbocycles. The highest BCUT2D eigenvalue weighted by Crippen LogP contribution is 2.21. The summed E-state index contributed by atoms with van der Waals surface area (Å²) < 4.78 is 0. The van der Waals surface area contributed by atoms with E-state index in [2.05, 4.69) is 5.32 Å². The second-order valence-electron chi connectivity index (χ2n) is 4.21. The Morgan fingerprint density at radius 3 is 2.47 bits per heavy atom. The lowest BCUT2D eigenvalue weighted by Crippen LogP contribution is -2.29. The van der Waals surface area contributed by atoms with Crippen molar-refractivity contribution in [2.24, 2.45) is 11.8 Å². The molecule has 2 N–H and O–H groups in total. The molecule has 0 aliphatic heterocycles. The van der Waals surface area contributed by atoms with E-state index in [0.717, 1.165) is 0 Å². The second kappa shape index (κ2) is 6.21. The maximum atomic E-state index is 11.8.